The van der Waals surface area contributed by atoms with Crippen LogP contribution >= 0.6 is 0 Å². The molecule has 1 N–H and O–H groups in total. The predicted octanol–water partition coefficient (Wildman–Crippen LogP) is 3.45. The van der Waals surface area contributed by atoms with E-state index in [0.29, 0.717) is 6.04 Å². The summed E-state index contributed by atoms with van der Waals surface area (Å²) in [6.45, 7) is 8.84. The van der Waals surface area contributed by atoms with Gasteiger partial charge in [-0.05, 0) is 63.2 Å². The van der Waals surface area contributed by atoms with E-state index in [2.05, 4.69) is 22.0 Å². The number of hydrogen-bond donors (Lipinski definition) is 1. The Bertz CT molecular complexity index is 655. The molecule has 0 aromatic heterocycles. The molecule has 4 nitrogen and oxygen atoms in total. The number of benzene rings is 1. The number of rotatable bonds is 5. The average Bonchev–Trinajstić information content (AvgIpc) is 3.29. The number of piperidine rings is 1. The van der Waals surface area contributed by atoms with Crippen LogP contribution in [0.25, 0.3) is 0 Å². The third-order valence-electron chi connectivity index (χ3n) is 6.27. The standard InChI is InChI=1S/C22H33FN4/c1-2-24-22(25-21-14-19(21)18-8-4-5-9-20(18)23)27-13-10-17(16-27)15-26-11-6-3-7-12-26/h4-5,8-9,17,19,21H,2-3,6-7,10-16H2,1H3,(H,24,25). The topological polar surface area (TPSA) is 30.9 Å². The molecular formula is C22H33FN4. The molecule has 4 rings (SSSR count). The van der Waals surface area contributed by atoms with Crippen molar-refractivity contribution in [2.24, 2.45) is 10.9 Å². The first-order chi connectivity index (χ1) is 13.2. The zero-order valence-corrected chi connectivity index (χ0v) is 16.5. The van der Waals surface area contributed by atoms with E-state index < -0.39 is 0 Å². The van der Waals surface area contributed by atoms with Crippen LogP contribution in [0.5, 0.6) is 0 Å². The highest BCUT2D eigenvalue weighted by Crippen LogP contribution is 2.42. The van der Waals surface area contributed by atoms with E-state index in [0.717, 1.165) is 43.5 Å². The molecule has 0 spiro atoms. The molecule has 2 aliphatic heterocycles. The van der Waals surface area contributed by atoms with Crippen LogP contribution < -0.4 is 5.32 Å². The quantitative estimate of drug-likeness (QED) is 0.634. The van der Waals surface area contributed by atoms with Crippen LogP contribution in [0, 0.1) is 11.7 Å². The van der Waals surface area contributed by atoms with E-state index >= 15 is 0 Å². The SMILES string of the molecule is CCN=C(NC1CC1c1ccccc1F)N1CCC(CN2CCCCC2)C1. The lowest BCUT2D eigenvalue weighted by atomic mass is 10.1. The Morgan fingerprint density at radius 1 is 1.19 bits per heavy atom. The lowest BCUT2D eigenvalue weighted by molar-refractivity contribution is 0.198. The second-order valence-electron chi connectivity index (χ2n) is 8.37. The third kappa shape index (κ3) is 4.63. The van der Waals surface area contributed by atoms with E-state index in [4.69, 9.17) is 4.99 Å². The summed E-state index contributed by atoms with van der Waals surface area (Å²) in [7, 11) is 0. The van der Waals surface area contributed by atoms with Gasteiger partial charge in [0.1, 0.15) is 5.82 Å². The normalized spacial score (nSPS) is 29.2. The van der Waals surface area contributed by atoms with E-state index in [1.807, 2.05) is 12.1 Å². The van der Waals surface area contributed by atoms with Crippen LogP contribution in [0.4, 0.5) is 4.39 Å². The number of aliphatic imine (C=N–C) groups is 1. The van der Waals surface area contributed by atoms with Crippen LogP contribution in [-0.2, 0) is 0 Å². The molecule has 0 radical (unpaired) electrons. The van der Waals surface area contributed by atoms with E-state index in [1.54, 1.807) is 12.1 Å². The molecule has 0 amide bonds. The maximum atomic E-state index is 14.0. The summed E-state index contributed by atoms with van der Waals surface area (Å²) in [4.78, 5) is 9.82. The molecule has 2 saturated heterocycles. The van der Waals surface area contributed by atoms with E-state index in [1.165, 1.54) is 45.3 Å². The van der Waals surface area contributed by atoms with Crippen molar-refractivity contribution in [3.05, 3.63) is 35.6 Å². The van der Waals surface area contributed by atoms with Crippen molar-refractivity contribution in [2.75, 3.05) is 39.3 Å². The number of guanidine groups is 1. The molecule has 3 unspecified atom stereocenters. The largest absolute Gasteiger partial charge is 0.353 e. The fourth-order valence-corrected chi connectivity index (χ4v) is 4.71. The second-order valence-corrected chi connectivity index (χ2v) is 8.37. The fourth-order valence-electron chi connectivity index (χ4n) is 4.71. The summed E-state index contributed by atoms with van der Waals surface area (Å²) in [6.07, 6.45) is 6.37. The molecule has 1 aliphatic carbocycles. The highest BCUT2D eigenvalue weighted by Gasteiger charge is 2.41. The molecule has 27 heavy (non-hydrogen) atoms. The Kier molecular flexibility index (Phi) is 5.96. The lowest BCUT2D eigenvalue weighted by Crippen LogP contribution is -2.42. The average molecular weight is 373 g/mol. The molecular weight excluding hydrogens is 339 g/mol. The number of hydrogen-bond acceptors (Lipinski definition) is 2. The molecule has 1 aromatic carbocycles. The van der Waals surface area contributed by atoms with E-state index in [9.17, 15) is 4.39 Å². The van der Waals surface area contributed by atoms with Crippen molar-refractivity contribution >= 4 is 5.96 Å². The van der Waals surface area contributed by atoms with Gasteiger partial charge in [-0.2, -0.15) is 0 Å². The molecule has 1 saturated carbocycles. The van der Waals surface area contributed by atoms with Gasteiger partial charge in [0.05, 0.1) is 0 Å². The summed E-state index contributed by atoms with van der Waals surface area (Å²) in [6, 6.07) is 7.49. The third-order valence-corrected chi connectivity index (χ3v) is 6.27. The maximum absolute atomic E-state index is 14.0. The summed E-state index contributed by atoms with van der Waals surface area (Å²) < 4.78 is 14.0. The Hall–Kier alpha value is -1.62. The Morgan fingerprint density at radius 3 is 2.78 bits per heavy atom. The van der Waals surface area contributed by atoms with Gasteiger partial charge in [-0.3, -0.25) is 4.99 Å². The number of nitrogens with one attached hydrogen (secondary N) is 1. The summed E-state index contributed by atoms with van der Waals surface area (Å²) in [5.74, 6) is 1.97. The van der Waals surface area contributed by atoms with Gasteiger partial charge >= 0.3 is 0 Å². The molecule has 2 heterocycles. The molecule has 3 atom stereocenters. The van der Waals surface area contributed by atoms with Crippen LogP contribution in [0.1, 0.15) is 50.5 Å². The van der Waals surface area contributed by atoms with Gasteiger partial charge in [0.2, 0.25) is 0 Å². The van der Waals surface area contributed by atoms with Crippen molar-refractivity contribution in [3.8, 4) is 0 Å². The minimum absolute atomic E-state index is 0.0800. The minimum atomic E-state index is -0.0800. The molecule has 1 aromatic rings. The number of likely N-dealkylation sites (tertiary alicyclic amines) is 2. The van der Waals surface area contributed by atoms with E-state index in [-0.39, 0.29) is 11.7 Å². The van der Waals surface area contributed by atoms with Gasteiger partial charge in [0.25, 0.3) is 0 Å². The molecule has 3 aliphatic rings. The van der Waals surface area contributed by atoms with Crippen LogP contribution in [0.15, 0.2) is 29.3 Å². The summed E-state index contributed by atoms with van der Waals surface area (Å²) in [5.41, 5.74) is 0.843. The van der Waals surface area contributed by atoms with Gasteiger partial charge in [0.15, 0.2) is 5.96 Å². The van der Waals surface area contributed by atoms with Crippen molar-refractivity contribution in [2.45, 2.75) is 51.0 Å². The van der Waals surface area contributed by atoms with Gasteiger partial charge in [-0.1, -0.05) is 24.6 Å². The number of nitrogens with zero attached hydrogens (tertiary/aromatic N) is 3. The number of halogens is 1. The van der Waals surface area contributed by atoms with Gasteiger partial charge in [-0.15, -0.1) is 0 Å². The first-order valence-electron chi connectivity index (χ1n) is 10.8. The van der Waals surface area contributed by atoms with Crippen LogP contribution in [0.3, 0.4) is 0 Å². The minimum Gasteiger partial charge on any atom is -0.353 e. The van der Waals surface area contributed by atoms with Gasteiger partial charge < -0.3 is 15.1 Å². The highest BCUT2D eigenvalue weighted by atomic mass is 19.1. The van der Waals surface area contributed by atoms with Crippen molar-refractivity contribution in [3.63, 3.8) is 0 Å². The van der Waals surface area contributed by atoms with Crippen LogP contribution in [0.2, 0.25) is 0 Å². The fraction of sp³-hybridized carbons (Fsp3) is 0.682. The van der Waals surface area contributed by atoms with Gasteiger partial charge in [-0.25, -0.2) is 4.39 Å². The Labute approximate surface area is 162 Å². The molecule has 3 fully saturated rings. The van der Waals surface area contributed by atoms with Crippen LogP contribution in [-0.4, -0.2) is 61.1 Å². The molecule has 148 valence electrons. The first kappa shape index (κ1) is 18.7. The van der Waals surface area contributed by atoms with Crippen molar-refractivity contribution in [1.29, 1.82) is 0 Å². The summed E-state index contributed by atoms with van der Waals surface area (Å²) in [5, 5.41) is 3.63. The van der Waals surface area contributed by atoms with Gasteiger partial charge in [0, 0.05) is 38.1 Å². The zero-order chi connectivity index (χ0) is 18.6. The molecule has 0 bridgehead atoms. The lowest BCUT2D eigenvalue weighted by Gasteiger charge is -2.29. The highest BCUT2D eigenvalue weighted by molar-refractivity contribution is 5.81. The van der Waals surface area contributed by atoms with Crippen molar-refractivity contribution < 1.29 is 4.39 Å². The Morgan fingerprint density at radius 2 is 2.00 bits per heavy atom. The monoisotopic (exact) mass is 372 g/mol. The van der Waals surface area contributed by atoms with Crippen molar-refractivity contribution in [1.82, 2.24) is 15.1 Å². The maximum Gasteiger partial charge on any atom is 0.194 e. The second kappa shape index (κ2) is 8.59. The summed E-state index contributed by atoms with van der Waals surface area (Å²) >= 11 is 0. The Balaban J connectivity index is 1.31. The first-order valence-corrected chi connectivity index (χ1v) is 10.8. The smallest absolute Gasteiger partial charge is 0.194 e. The molecule has 5 heteroatoms. The predicted molar refractivity (Wildman–Crippen MR) is 109 cm³/mol. The zero-order valence-electron chi connectivity index (χ0n) is 16.5.